The van der Waals surface area contributed by atoms with E-state index in [4.69, 9.17) is 4.98 Å². The van der Waals surface area contributed by atoms with Crippen molar-refractivity contribution in [2.75, 3.05) is 0 Å². The standard InChI is InChI=1S/C31H42N3/c1-11-13-24-17-25(27-20(4)15-19(3)16-21(27)5)18-26-28(24)29-33(14-12-2)22(6)23(7)34(29)30(32-26)31(8,9)10/h15-18H,11-14H2,1-10H3/q+1. The predicted molar refractivity (Wildman–Crippen MR) is 145 cm³/mol. The molecule has 2 heterocycles. The summed E-state index contributed by atoms with van der Waals surface area (Å²) in [6.45, 7) is 23.6. The van der Waals surface area contributed by atoms with Gasteiger partial charge >= 0.3 is 0 Å². The normalized spacial score (nSPS) is 12.3. The molecule has 0 unspecified atom stereocenters. The summed E-state index contributed by atoms with van der Waals surface area (Å²) in [4.78, 5) is 5.41. The van der Waals surface area contributed by atoms with Crippen molar-refractivity contribution < 1.29 is 4.57 Å². The Kier molecular flexibility index (Phi) is 6.35. The first-order valence-corrected chi connectivity index (χ1v) is 13.0. The van der Waals surface area contributed by atoms with Crippen LogP contribution in [-0.2, 0) is 18.4 Å². The summed E-state index contributed by atoms with van der Waals surface area (Å²) in [5, 5.41) is 1.32. The molecule has 3 nitrogen and oxygen atoms in total. The van der Waals surface area contributed by atoms with Gasteiger partial charge in [0.1, 0.15) is 11.4 Å². The maximum Gasteiger partial charge on any atom is 0.298 e. The Morgan fingerprint density at radius 1 is 0.882 bits per heavy atom. The molecule has 0 saturated carbocycles. The van der Waals surface area contributed by atoms with E-state index in [9.17, 15) is 0 Å². The van der Waals surface area contributed by atoms with Gasteiger partial charge in [-0.1, -0.05) is 64.8 Å². The quantitative estimate of drug-likeness (QED) is 0.283. The fourth-order valence-corrected chi connectivity index (χ4v) is 5.74. The number of imidazole rings is 1. The second-order valence-electron chi connectivity index (χ2n) is 11.2. The first kappa shape index (κ1) is 24.4. The van der Waals surface area contributed by atoms with Gasteiger partial charge in [0.2, 0.25) is 5.82 Å². The van der Waals surface area contributed by atoms with Crippen molar-refractivity contribution in [1.82, 2.24) is 9.38 Å². The highest BCUT2D eigenvalue weighted by Crippen LogP contribution is 2.36. The Hall–Kier alpha value is -2.68. The highest BCUT2D eigenvalue weighted by atomic mass is 15.2. The van der Waals surface area contributed by atoms with Gasteiger partial charge in [-0.25, -0.2) is 9.55 Å². The zero-order chi connectivity index (χ0) is 24.9. The molecule has 0 amide bonds. The van der Waals surface area contributed by atoms with Crippen LogP contribution < -0.4 is 4.57 Å². The van der Waals surface area contributed by atoms with Crippen LogP contribution in [0.3, 0.4) is 0 Å². The lowest BCUT2D eigenvalue weighted by molar-refractivity contribution is -0.676. The third-order valence-electron chi connectivity index (χ3n) is 7.20. The van der Waals surface area contributed by atoms with Gasteiger partial charge in [0.05, 0.1) is 17.4 Å². The Morgan fingerprint density at radius 3 is 2.09 bits per heavy atom. The number of benzene rings is 2. The predicted octanol–water partition coefficient (Wildman–Crippen LogP) is 7.64. The molecular formula is C31H42N3+. The smallest absolute Gasteiger partial charge is 0.227 e. The lowest BCUT2D eigenvalue weighted by Crippen LogP contribution is -2.36. The number of nitrogens with zero attached hydrogens (tertiary/aromatic N) is 3. The van der Waals surface area contributed by atoms with Gasteiger partial charge < -0.3 is 0 Å². The van der Waals surface area contributed by atoms with E-state index in [-0.39, 0.29) is 5.41 Å². The maximum absolute atomic E-state index is 5.41. The van der Waals surface area contributed by atoms with Crippen molar-refractivity contribution in [2.24, 2.45) is 0 Å². The second-order valence-corrected chi connectivity index (χ2v) is 11.2. The first-order chi connectivity index (χ1) is 16.0. The lowest BCUT2D eigenvalue weighted by Gasteiger charge is -2.19. The number of aryl methyl sites for hydroxylation is 6. The van der Waals surface area contributed by atoms with E-state index >= 15 is 0 Å². The number of fused-ring (bicyclic) bond motifs is 3. The zero-order valence-corrected chi connectivity index (χ0v) is 23.0. The summed E-state index contributed by atoms with van der Waals surface area (Å²) in [6.07, 6.45) is 3.28. The summed E-state index contributed by atoms with van der Waals surface area (Å²) in [5.41, 5.74) is 13.1. The van der Waals surface area contributed by atoms with E-state index in [1.165, 1.54) is 55.8 Å². The summed E-state index contributed by atoms with van der Waals surface area (Å²) in [6, 6.07) is 9.40. The fraction of sp³-hybridized carbons (Fsp3) is 0.484. The van der Waals surface area contributed by atoms with E-state index in [0.29, 0.717) is 0 Å². The highest BCUT2D eigenvalue weighted by molar-refractivity contribution is 5.97. The van der Waals surface area contributed by atoms with E-state index < -0.39 is 0 Å². The van der Waals surface area contributed by atoms with Crippen LogP contribution in [0.25, 0.3) is 27.7 Å². The van der Waals surface area contributed by atoms with Crippen molar-refractivity contribution in [2.45, 2.75) is 100 Å². The van der Waals surface area contributed by atoms with Crippen molar-refractivity contribution in [3.05, 3.63) is 63.7 Å². The molecule has 2 aromatic heterocycles. The molecule has 0 fully saturated rings. The SMILES string of the molecule is CCCc1cc(-c2c(C)cc(C)cc2C)cc2nc(C(C)(C)C)n3c(C)c(C)[n+](CCC)c3c12. The summed E-state index contributed by atoms with van der Waals surface area (Å²) >= 11 is 0. The molecule has 0 atom stereocenters. The van der Waals surface area contributed by atoms with Crippen molar-refractivity contribution >= 4 is 16.6 Å². The summed E-state index contributed by atoms with van der Waals surface area (Å²) < 4.78 is 4.99. The molecule has 3 heteroatoms. The van der Waals surface area contributed by atoms with Gasteiger partial charge in [-0.2, -0.15) is 4.40 Å². The molecule has 2 aromatic carbocycles. The van der Waals surface area contributed by atoms with Crippen LogP contribution in [-0.4, -0.2) is 9.38 Å². The van der Waals surface area contributed by atoms with Crippen molar-refractivity contribution in [1.29, 1.82) is 0 Å². The first-order valence-electron chi connectivity index (χ1n) is 13.0. The van der Waals surface area contributed by atoms with Crippen LogP contribution in [0.15, 0.2) is 24.3 Å². The van der Waals surface area contributed by atoms with Crippen molar-refractivity contribution in [3.63, 3.8) is 0 Å². The molecular weight excluding hydrogens is 414 g/mol. The van der Waals surface area contributed by atoms with Gasteiger partial charge in [-0.15, -0.1) is 0 Å². The molecule has 0 N–H and O–H groups in total. The van der Waals surface area contributed by atoms with E-state index in [1.807, 2.05) is 0 Å². The molecule has 0 spiro atoms. The topological polar surface area (TPSA) is 21.2 Å². The van der Waals surface area contributed by atoms with Crippen LogP contribution in [0.2, 0.25) is 0 Å². The van der Waals surface area contributed by atoms with Crippen LogP contribution in [0.1, 0.15) is 86.9 Å². The monoisotopic (exact) mass is 456 g/mol. The summed E-state index contributed by atoms with van der Waals surface area (Å²) in [5.74, 6) is 1.14. The van der Waals surface area contributed by atoms with Crippen LogP contribution in [0.5, 0.6) is 0 Å². The molecule has 180 valence electrons. The van der Waals surface area contributed by atoms with Crippen LogP contribution >= 0.6 is 0 Å². The number of hydrogen-bond acceptors (Lipinski definition) is 1. The Balaban J connectivity index is 2.22. The molecule has 0 radical (unpaired) electrons. The van der Waals surface area contributed by atoms with Gasteiger partial charge in [-0.05, 0) is 67.5 Å². The fourth-order valence-electron chi connectivity index (χ4n) is 5.74. The molecule has 4 aromatic rings. The van der Waals surface area contributed by atoms with Crippen LogP contribution in [0.4, 0.5) is 0 Å². The van der Waals surface area contributed by atoms with Gasteiger partial charge in [-0.3, -0.25) is 0 Å². The van der Waals surface area contributed by atoms with E-state index in [0.717, 1.165) is 37.1 Å². The minimum Gasteiger partial charge on any atom is -0.227 e. The minimum atomic E-state index is -0.0661. The Morgan fingerprint density at radius 2 is 1.53 bits per heavy atom. The third-order valence-corrected chi connectivity index (χ3v) is 7.20. The molecule has 0 saturated heterocycles. The van der Waals surface area contributed by atoms with Crippen molar-refractivity contribution in [3.8, 4) is 11.1 Å². The largest absolute Gasteiger partial charge is 0.298 e. The summed E-state index contributed by atoms with van der Waals surface area (Å²) in [7, 11) is 0. The number of rotatable bonds is 5. The lowest BCUT2D eigenvalue weighted by atomic mass is 9.90. The Labute approximate surface area is 205 Å². The molecule has 0 bridgehead atoms. The highest BCUT2D eigenvalue weighted by Gasteiger charge is 2.32. The molecule has 4 rings (SSSR count). The number of aromatic nitrogens is 3. The third kappa shape index (κ3) is 3.93. The van der Waals surface area contributed by atoms with Gasteiger partial charge in [0.25, 0.3) is 5.65 Å². The minimum absolute atomic E-state index is 0.0661. The van der Waals surface area contributed by atoms with Gasteiger partial charge in [0, 0.05) is 19.3 Å². The van der Waals surface area contributed by atoms with E-state index in [2.05, 4.69) is 102 Å². The molecule has 0 aliphatic rings. The number of hydrogen-bond donors (Lipinski definition) is 0. The van der Waals surface area contributed by atoms with Gasteiger partial charge in [0.15, 0.2) is 0 Å². The molecule has 34 heavy (non-hydrogen) atoms. The average Bonchev–Trinajstić information content (AvgIpc) is 2.97. The molecule has 0 aliphatic carbocycles. The zero-order valence-electron chi connectivity index (χ0n) is 23.0. The van der Waals surface area contributed by atoms with Crippen LogP contribution in [0, 0.1) is 34.6 Å². The van der Waals surface area contributed by atoms with E-state index in [1.54, 1.807) is 0 Å². The molecule has 0 aliphatic heterocycles. The second kappa shape index (κ2) is 8.83. The average molecular weight is 457 g/mol. The Bertz CT molecular complexity index is 1370. The maximum atomic E-state index is 5.41.